The molecule has 0 saturated carbocycles. The highest BCUT2D eigenvalue weighted by molar-refractivity contribution is 14.1. The van der Waals surface area contributed by atoms with Crippen LogP contribution in [0.25, 0.3) is 0 Å². The zero-order valence-electron chi connectivity index (χ0n) is 9.50. The molecule has 0 bridgehead atoms. The van der Waals surface area contributed by atoms with E-state index < -0.39 is 0 Å². The number of hydrogen-bond donors (Lipinski definition) is 1. The lowest BCUT2D eigenvalue weighted by molar-refractivity contribution is 0.626. The van der Waals surface area contributed by atoms with Gasteiger partial charge in [-0.2, -0.15) is 0 Å². The van der Waals surface area contributed by atoms with E-state index >= 15 is 0 Å². The van der Waals surface area contributed by atoms with Crippen molar-refractivity contribution < 1.29 is 4.39 Å². The van der Waals surface area contributed by atoms with Crippen molar-refractivity contribution in [3.63, 3.8) is 0 Å². The van der Waals surface area contributed by atoms with E-state index in [1.807, 2.05) is 12.1 Å². The van der Waals surface area contributed by atoms with E-state index in [9.17, 15) is 4.39 Å². The lowest BCUT2D eigenvalue weighted by Gasteiger charge is -2.08. The van der Waals surface area contributed by atoms with Crippen molar-refractivity contribution in [3.05, 3.63) is 63.0 Å². The molecule has 1 N–H and O–H groups in total. The molecule has 88 valence electrons. The Hall–Kier alpha value is -1.10. The van der Waals surface area contributed by atoms with Crippen LogP contribution in [0.2, 0.25) is 0 Å². The van der Waals surface area contributed by atoms with Crippen LogP contribution < -0.4 is 5.32 Å². The minimum Gasteiger partial charge on any atom is -0.381 e. The second kappa shape index (κ2) is 5.49. The van der Waals surface area contributed by atoms with Gasteiger partial charge in [-0.3, -0.25) is 0 Å². The maximum Gasteiger partial charge on any atom is 0.123 e. The first-order valence-electron chi connectivity index (χ1n) is 5.39. The van der Waals surface area contributed by atoms with E-state index in [1.54, 1.807) is 12.1 Å². The molecule has 0 aliphatic carbocycles. The Bertz CT molecular complexity index is 525. The number of benzene rings is 2. The Kier molecular flexibility index (Phi) is 3.99. The van der Waals surface area contributed by atoms with Gasteiger partial charge < -0.3 is 5.32 Å². The smallest absolute Gasteiger partial charge is 0.123 e. The fraction of sp³-hybridized carbons (Fsp3) is 0.143. The predicted molar refractivity (Wildman–Crippen MR) is 77.6 cm³/mol. The normalized spacial score (nSPS) is 10.3. The summed E-state index contributed by atoms with van der Waals surface area (Å²) in [7, 11) is 0. The molecule has 0 radical (unpaired) electrons. The van der Waals surface area contributed by atoms with E-state index in [4.69, 9.17) is 0 Å². The fourth-order valence-electron chi connectivity index (χ4n) is 1.55. The first-order chi connectivity index (χ1) is 8.15. The lowest BCUT2D eigenvalue weighted by atomic mass is 10.2. The third kappa shape index (κ3) is 3.43. The highest BCUT2D eigenvalue weighted by Crippen LogP contribution is 2.17. The first-order valence-corrected chi connectivity index (χ1v) is 6.47. The van der Waals surface area contributed by atoms with Crippen LogP contribution in [0, 0.1) is 16.3 Å². The number of anilines is 1. The molecule has 0 amide bonds. The summed E-state index contributed by atoms with van der Waals surface area (Å²) in [6.45, 7) is 2.72. The summed E-state index contributed by atoms with van der Waals surface area (Å²) in [5.41, 5.74) is 3.27. The Morgan fingerprint density at radius 2 is 2.00 bits per heavy atom. The van der Waals surface area contributed by atoms with E-state index in [2.05, 4.69) is 47.0 Å². The zero-order valence-corrected chi connectivity index (χ0v) is 11.7. The quantitative estimate of drug-likeness (QED) is 0.819. The van der Waals surface area contributed by atoms with Crippen molar-refractivity contribution in [2.75, 3.05) is 5.32 Å². The summed E-state index contributed by atoms with van der Waals surface area (Å²) in [6.07, 6.45) is 0. The Morgan fingerprint density at radius 1 is 1.18 bits per heavy atom. The predicted octanol–water partition coefficient (Wildman–Crippen LogP) is 4.35. The van der Waals surface area contributed by atoms with Crippen LogP contribution in [0.5, 0.6) is 0 Å². The molecule has 2 aromatic carbocycles. The summed E-state index contributed by atoms with van der Waals surface area (Å²) in [5, 5.41) is 3.28. The largest absolute Gasteiger partial charge is 0.381 e. The SMILES string of the molecule is Cc1ccc(NCc2cccc(F)c2)cc1I. The standard InChI is InChI=1S/C14H13FIN/c1-10-5-6-13(8-14(10)16)17-9-11-3-2-4-12(15)7-11/h2-8,17H,9H2,1H3. The number of rotatable bonds is 3. The van der Waals surface area contributed by atoms with E-state index in [1.165, 1.54) is 15.2 Å². The minimum atomic E-state index is -0.192. The van der Waals surface area contributed by atoms with Crippen molar-refractivity contribution in [1.82, 2.24) is 0 Å². The molecule has 3 heteroatoms. The van der Waals surface area contributed by atoms with Gasteiger partial charge in [0, 0.05) is 15.8 Å². The maximum atomic E-state index is 13.0. The van der Waals surface area contributed by atoms with Gasteiger partial charge in [0.2, 0.25) is 0 Å². The van der Waals surface area contributed by atoms with Crippen LogP contribution in [0.1, 0.15) is 11.1 Å². The first kappa shape index (κ1) is 12.4. The van der Waals surface area contributed by atoms with Crippen LogP contribution in [0.3, 0.4) is 0 Å². The van der Waals surface area contributed by atoms with Crippen molar-refractivity contribution >= 4 is 28.3 Å². The Morgan fingerprint density at radius 3 is 2.71 bits per heavy atom. The van der Waals surface area contributed by atoms with Gasteiger partial charge in [0.15, 0.2) is 0 Å². The van der Waals surface area contributed by atoms with Gasteiger partial charge in [-0.05, 0) is 64.9 Å². The number of aryl methyl sites for hydroxylation is 1. The molecule has 0 atom stereocenters. The topological polar surface area (TPSA) is 12.0 Å². The fourth-order valence-corrected chi connectivity index (χ4v) is 2.07. The van der Waals surface area contributed by atoms with Gasteiger partial charge in [0.1, 0.15) is 5.82 Å². The summed E-state index contributed by atoms with van der Waals surface area (Å²) in [5.74, 6) is -0.192. The highest BCUT2D eigenvalue weighted by atomic mass is 127. The molecule has 0 aliphatic heterocycles. The molecule has 0 saturated heterocycles. The van der Waals surface area contributed by atoms with Crippen molar-refractivity contribution in [2.24, 2.45) is 0 Å². The van der Waals surface area contributed by atoms with Gasteiger partial charge >= 0.3 is 0 Å². The highest BCUT2D eigenvalue weighted by Gasteiger charge is 1.98. The van der Waals surface area contributed by atoms with Crippen LogP contribution in [0.4, 0.5) is 10.1 Å². The van der Waals surface area contributed by atoms with Crippen LogP contribution in [0.15, 0.2) is 42.5 Å². The average Bonchev–Trinajstić information content (AvgIpc) is 2.31. The van der Waals surface area contributed by atoms with Crippen LogP contribution in [-0.4, -0.2) is 0 Å². The number of hydrogen-bond acceptors (Lipinski definition) is 1. The van der Waals surface area contributed by atoms with Gasteiger partial charge in [0.25, 0.3) is 0 Å². The van der Waals surface area contributed by atoms with Gasteiger partial charge in [-0.1, -0.05) is 18.2 Å². The zero-order chi connectivity index (χ0) is 12.3. The second-order valence-corrected chi connectivity index (χ2v) is 5.11. The van der Waals surface area contributed by atoms with Crippen molar-refractivity contribution in [2.45, 2.75) is 13.5 Å². The third-order valence-electron chi connectivity index (χ3n) is 2.56. The molecular weight excluding hydrogens is 328 g/mol. The molecule has 0 fully saturated rings. The number of nitrogens with one attached hydrogen (secondary N) is 1. The molecule has 2 aromatic rings. The summed E-state index contributed by atoms with van der Waals surface area (Å²) >= 11 is 2.31. The maximum absolute atomic E-state index is 13.0. The van der Waals surface area contributed by atoms with E-state index in [0.29, 0.717) is 6.54 Å². The molecule has 17 heavy (non-hydrogen) atoms. The van der Waals surface area contributed by atoms with Crippen LogP contribution in [-0.2, 0) is 6.54 Å². The molecule has 0 aromatic heterocycles. The van der Waals surface area contributed by atoms with Crippen molar-refractivity contribution in [3.8, 4) is 0 Å². The van der Waals surface area contributed by atoms with Crippen molar-refractivity contribution in [1.29, 1.82) is 0 Å². The Labute approximate surface area is 114 Å². The third-order valence-corrected chi connectivity index (χ3v) is 3.72. The molecule has 0 spiro atoms. The van der Waals surface area contributed by atoms with E-state index in [0.717, 1.165) is 11.3 Å². The molecule has 0 heterocycles. The number of halogens is 2. The van der Waals surface area contributed by atoms with E-state index in [-0.39, 0.29) is 5.82 Å². The second-order valence-electron chi connectivity index (χ2n) is 3.95. The minimum absolute atomic E-state index is 0.192. The summed E-state index contributed by atoms with van der Waals surface area (Å²) in [4.78, 5) is 0. The van der Waals surface area contributed by atoms with Gasteiger partial charge in [0.05, 0.1) is 0 Å². The molecule has 0 unspecified atom stereocenters. The lowest BCUT2D eigenvalue weighted by Crippen LogP contribution is -2.00. The molecule has 1 nitrogen and oxygen atoms in total. The monoisotopic (exact) mass is 341 g/mol. The summed E-state index contributed by atoms with van der Waals surface area (Å²) in [6, 6.07) is 12.9. The summed E-state index contributed by atoms with van der Waals surface area (Å²) < 4.78 is 14.2. The van der Waals surface area contributed by atoms with Crippen LogP contribution >= 0.6 is 22.6 Å². The van der Waals surface area contributed by atoms with Gasteiger partial charge in [-0.15, -0.1) is 0 Å². The average molecular weight is 341 g/mol. The molecular formula is C14H13FIN. The molecule has 2 rings (SSSR count). The Balaban J connectivity index is 2.05. The molecule has 0 aliphatic rings. The van der Waals surface area contributed by atoms with Gasteiger partial charge in [-0.25, -0.2) is 4.39 Å².